The van der Waals surface area contributed by atoms with Crippen molar-refractivity contribution in [1.29, 1.82) is 0 Å². The first kappa shape index (κ1) is 13.3. The third-order valence-electron chi connectivity index (χ3n) is 2.38. The lowest BCUT2D eigenvalue weighted by Gasteiger charge is -2.23. The number of alkyl halides is 2. The van der Waals surface area contributed by atoms with Gasteiger partial charge in [-0.15, -0.1) is 23.2 Å². The van der Waals surface area contributed by atoms with Crippen molar-refractivity contribution in [3.05, 3.63) is 29.3 Å². The molecule has 0 fully saturated rings. The van der Waals surface area contributed by atoms with Crippen molar-refractivity contribution in [2.24, 2.45) is 0 Å². The fraction of sp³-hybridized carbons (Fsp3) is 0.417. The maximum absolute atomic E-state index is 11.8. The molecule has 0 saturated heterocycles. The highest BCUT2D eigenvalue weighted by Gasteiger charge is 2.20. The molecule has 0 saturated carbocycles. The van der Waals surface area contributed by atoms with E-state index in [1.54, 1.807) is 6.92 Å². The Morgan fingerprint density at radius 1 is 1.44 bits per heavy atom. The minimum Gasteiger partial charge on any atom is -0.297 e. The summed E-state index contributed by atoms with van der Waals surface area (Å²) in [6.45, 7) is 5.57. The van der Waals surface area contributed by atoms with Gasteiger partial charge in [-0.1, -0.05) is 12.1 Å². The topological polar surface area (TPSA) is 20.3 Å². The first-order valence-electron chi connectivity index (χ1n) is 5.06. The zero-order chi connectivity index (χ0) is 12.3. The van der Waals surface area contributed by atoms with Gasteiger partial charge in [0.05, 0.1) is 0 Å². The molecule has 0 radical (unpaired) electrons. The van der Waals surface area contributed by atoms with E-state index in [0.717, 1.165) is 16.8 Å². The van der Waals surface area contributed by atoms with Crippen LogP contribution < -0.4 is 4.90 Å². The molecular weight excluding hydrogens is 245 g/mol. The standard InChI is InChI=1S/C12H15Cl2NO/c1-8-4-5-9(2)11(6-8)15(7-13)12(16)10(3)14/h4-6,10H,7H2,1-3H3. The van der Waals surface area contributed by atoms with Crippen molar-refractivity contribution in [3.8, 4) is 0 Å². The van der Waals surface area contributed by atoms with Crippen LogP contribution in [0.5, 0.6) is 0 Å². The molecule has 0 aromatic heterocycles. The third kappa shape index (κ3) is 2.89. The molecule has 4 heteroatoms. The van der Waals surface area contributed by atoms with Crippen LogP contribution in [0.15, 0.2) is 18.2 Å². The Morgan fingerprint density at radius 3 is 2.56 bits per heavy atom. The van der Waals surface area contributed by atoms with E-state index in [2.05, 4.69) is 0 Å². The lowest BCUT2D eigenvalue weighted by Crippen LogP contribution is -2.35. The Morgan fingerprint density at radius 2 is 2.06 bits per heavy atom. The van der Waals surface area contributed by atoms with Gasteiger partial charge < -0.3 is 0 Å². The average Bonchev–Trinajstić information content (AvgIpc) is 2.23. The molecule has 2 nitrogen and oxygen atoms in total. The van der Waals surface area contributed by atoms with Gasteiger partial charge in [-0.2, -0.15) is 0 Å². The molecule has 16 heavy (non-hydrogen) atoms. The van der Waals surface area contributed by atoms with Gasteiger partial charge >= 0.3 is 0 Å². The number of hydrogen-bond acceptors (Lipinski definition) is 1. The summed E-state index contributed by atoms with van der Waals surface area (Å²) in [5, 5.41) is -0.571. The van der Waals surface area contributed by atoms with E-state index in [1.807, 2.05) is 32.0 Å². The predicted molar refractivity (Wildman–Crippen MR) is 69.4 cm³/mol. The molecule has 1 aromatic carbocycles. The Hall–Kier alpha value is -0.730. The lowest BCUT2D eigenvalue weighted by molar-refractivity contribution is -0.117. The van der Waals surface area contributed by atoms with Crippen LogP contribution in [-0.4, -0.2) is 17.3 Å². The van der Waals surface area contributed by atoms with E-state index in [0.29, 0.717) is 0 Å². The minimum atomic E-state index is -0.571. The summed E-state index contributed by atoms with van der Waals surface area (Å²) in [6, 6.07) is 6.02. The van der Waals surface area contributed by atoms with Crippen LogP contribution in [0, 0.1) is 13.8 Å². The first-order valence-corrected chi connectivity index (χ1v) is 6.03. The highest BCUT2D eigenvalue weighted by Crippen LogP contribution is 2.23. The normalized spacial score (nSPS) is 12.3. The van der Waals surface area contributed by atoms with E-state index in [9.17, 15) is 4.79 Å². The molecule has 1 amide bonds. The molecule has 0 N–H and O–H groups in total. The number of benzene rings is 1. The molecule has 0 spiro atoms. The summed E-state index contributed by atoms with van der Waals surface area (Å²) in [6.07, 6.45) is 0. The SMILES string of the molecule is Cc1ccc(C)c(N(CCl)C(=O)C(C)Cl)c1. The maximum atomic E-state index is 11.8. The van der Waals surface area contributed by atoms with Crippen molar-refractivity contribution in [3.63, 3.8) is 0 Å². The maximum Gasteiger partial charge on any atom is 0.245 e. The number of nitrogens with zero attached hydrogens (tertiary/aromatic N) is 1. The number of halogens is 2. The highest BCUT2D eigenvalue weighted by atomic mass is 35.5. The monoisotopic (exact) mass is 259 g/mol. The smallest absolute Gasteiger partial charge is 0.245 e. The first-order chi connectivity index (χ1) is 7.47. The van der Waals surface area contributed by atoms with Crippen LogP contribution in [0.25, 0.3) is 0 Å². The number of amides is 1. The molecule has 1 atom stereocenters. The summed E-state index contributed by atoms with van der Waals surface area (Å²) in [7, 11) is 0. The van der Waals surface area contributed by atoms with Crippen LogP contribution in [0.2, 0.25) is 0 Å². The quantitative estimate of drug-likeness (QED) is 0.602. The van der Waals surface area contributed by atoms with E-state index in [-0.39, 0.29) is 11.9 Å². The van der Waals surface area contributed by atoms with E-state index < -0.39 is 5.38 Å². The summed E-state index contributed by atoms with van der Waals surface area (Å²) in [4.78, 5) is 13.3. The Bertz CT molecular complexity index is 391. The van der Waals surface area contributed by atoms with Gasteiger partial charge in [0.1, 0.15) is 11.4 Å². The second-order valence-electron chi connectivity index (χ2n) is 3.79. The number of carbonyl (C=O) groups is 1. The highest BCUT2D eigenvalue weighted by molar-refractivity contribution is 6.33. The van der Waals surface area contributed by atoms with Gasteiger partial charge in [0.15, 0.2) is 0 Å². The fourth-order valence-electron chi connectivity index (χ4n) is 1.47. The van der Waals surface area contributed by atoms with Crippen molar-refractivity contribution in [2.45, 2.75) is 26.1 Å². The van der Waals surface area contributed by atoms with E-state index in [4.69, 9.17) is 23.2 Å². The molecular formula is C12H15Cl2NO. The Balaban J connectivity index is 3.13. The Kier molecular flexibility index (Phi) is 4.63. The minimum absolute atomic E-state index is 0.111. The second kappa shape index (κ2) is 5.55. The molecule has 0 aliphatic rings. The van der Waals surface area contributed by atoms with Crippen LogP contribution >= 0.6 is 23.2 Å². The van der Waals surface area contributed by atoms with Crippen LogP contribution in [-0.2, 0) is 4.79 Å². The van der Waals surface area contributed by atoms with E-state index >= 15 is 0 Å². The molecule has 0 aliphatic heterocycles. The summed E-state index contributed by atoms with van der Waals surface area (Å²) < 4.78 is 0. The van der Waals surface area contributed by atoms with Gasteiger partial charge in [-0.05, 0) is 38.0 Å². The predicted octanol–water partition coefficient (Wildman–Crippen LogP) is 3.46. The molecule has 88 valence electrons. The van der Waals surface area contributed by atoms with Gasteiger partial charge in [0, 0.05) is 5.69 Å². The van der Waals surface area contributed by atoms with Crippen LogP contribution in [0.4, 0.5) is 5.69 Å². The summed E-state index contributed by atoms with van der Waals surface area (Å²) in [5.74, 6) is -0.176. The van der Waals surface area contributed by atoms with Gasteiger partial charge in [0.25, 0.3) is 0 Å². The van der Waals surface area contributed by atoms with Gasteiger partial charge in [0.2, 0.25) is 5.91 Å². The second-order valence-corrected chi connectivity index (χ2v) is 4.69. The summed E-state index contributed by atoms with van der Waals surface area (Å²) in [5.41, 5.74) is 2.93. The number of aryl methyl sites for hydroxylation is 2. The fourth-order valence-corrected chi connectivity index (χ4v) is 1.83. The number of carbonyl (C=O) groups excluding carboxylic acids is 1. The molecule has 1 rings (SSSR count). The summed E-state index contributed by atoms with van der Waals surface area (Å²) >= 11 is 11.6. The van der Waals surface area contributed by atoms with Crippen molar-refractivity contribution in [2.75, 3.05) is 10.9 Å². The number of rotatable bonds is 3. The molecule has 0 aliphatic carbocycles. The van der Waals surface area contributed by atoms with Crippen LogP contribution in [0.3, 0.4) is 0 Å². The average molecular weight is 260 g/mol. The molecule has 0 bridgehead atoms. The number of hydrogen-bond donors (Lipinski definition) is 0. The Labute approximate surface area is 106 Å². The zero-order valence-corrected chi connectivity index (χ0v) is 11.1. The number of anilines is 1. The van der Waals surface area contributed by atoms with Crippen LogP contribution in [0.1, 0.15) is 18.1 Å². The molecule has 1 unspecified atom stereocenters. The third-order valence-corrected chi connectivity index (χ3v) is 2.81. The van der Waals surface area contributed by atoms with Crippen molar-refractivity contribution < 1.29 is 4.79 Å². The lowest BCUT2D eigenvalue weighted by atomic mass is 10.1. The zero-order valence-electron chi connectivity index (χ0n) is 9.63. The molecule has 0 heterocycles. The van der Waals surface area contributed by atoms with E-state index in [1.165, 1.54) is 4.90 Å². The van der Waals surface area contributed by atoms with Gasteiger partial charge in [-0.3, -0.25) is 9.69 Å². The van der Waals surface area contributed by atoms with Crippen molar-refractivity contribution >= 4 is 34.8 Å². The molecule has 1 aromatic rings. The largest absolute Gasteiger partial charge is 0.297 e. The van der Waals surface area contributed by atoms with Crippen molar-refractivity contribution in [1.82, 2.24) is 0 Å². The van der Waals surface area contributed by atoms with Gasteiger partial charge in [-0.25, -0.2) is 0 Å².